The van der Waals surface area contributed by atoms with Crippen LogP contribution in [0.2, 0.25) is 0 Å². The Morgan fingerprint density at radius 1 is 0.595 bits per heavy atom. The van der Waals surface area contributed by atoms with E-state index < -0.39 is 0 Å². The van der Waals surface area contributed by atoms with Crippen molar-refractivity contribution in [3.63, 3.8) is 0 Å². The van der Waals surface area contributed by atoms with Crippen LogP contribution in [0.3, 0.4) is 0 Å². The Morgan fingerprint density at radius 3 is 1.22 bits per heavy atom. The van der Waals surface area contributed by atoms with Gasteiger partial charge in [-0.1, -0.05) is 137 Å². The average molecular weight is 506 g/mol. The lowest BCUT2D eigenvalue weighted by Gasteiger charge is -2.37. The number of hydrogen-bond donors (Lipinski definition) is 0. The Balaban J connectivity index is 2.38. The maximum absolute atomic E-state index is 14.0. The number of rotatable bonds is 3. The molecule has 1 aliphatic heterocycles. The third kappa shape index (κ3) is 5.86. The molecule has 0 fully saturated rings. The van der Waals surface area contributed by atoms with Gasteiger partial charge in [0.25, 0.3) is 0 Å². The lowest BCUT2D eigenvalue weighted by Crippen LogP contribution is -2.36. The van der Waals surface area contributed by atoms with Crippen LogP contribution in [0.15, 0.2) is 75.4 Å². The van der Waals surface area contributed by atoms with Crippen molar-refractivity contribution in [2.45, 2.75) is 95.2 Å². The van der Waals surface area contributed by atoms with Crippen LogP contribution in [-0.2, 0) is 0 Å². The third-order valence-electron chi connectivity index (χ3n) is 7.00. The lowest BCUT2D eigenvalue weighted by atomic mass is 9.71. The van der Waals surface area contributed by atoms with E-state index in [0.717, 1.165) is 0 Å². The van der Waals surface area contributed by atoms with E-state index in [9.17, 15) is 9.59 Å². The number of fused-ring (bicyclic) bond motifs is 1. The second-order valence-corrected chi connectivity index (χ2v) is 14.5. The minimum absolute atomic E-state index is 0.0921. The Labute approximate surface area is 223 Å². The van der Waals surface area contributed by atoms with Gasteiger partial charge in [0, 0.05) is 0 Å². The molecular formula is C32H47N3O2. The predicted octanol–water partition coefficient (Wildman–Crippen LogP) is 7.49. The zero-order valence-corrected chi connectivity index (χ0v) is 25.0. The van der Waals surface area contributed by atoms with Gasteiger partial charge in [-0.15, -0.1) is 0 Å². The topological polar surface area (TPSA) is 48.9 Å². The normalized spacial score (nSPS) is 18.4. The van der Waals surface area contributed by atoms with Crippen molar-refractivity contribution in [3.8, 4) is 5.69 Å². The van der Waals surface area contributed by atoms with E-state index >= 15 is 0 Å². The van der Waals surface area contributed by atoms with Crippen LogP contribution in [0.1, 0.15) is 95.2 Å². The molecule has 0 unspecified atom stereocenters. The first-order valence-corrected chi connectivity index (χ1v) is 13.4. The molecule has 2 atom stereocenters. The molecule has 0 N–H and O–H groups in total. The van der Waals surface area contributed by atoms with E-state index in [1.165, 1.54) is 15.7 Å². The summed E-state index contributed by atoms with van der Waals surface area (Å²) in [6.45, 7) is 26.4. The maximum atomic E-state index is 14.0. The molecule has 3 rings (SSSR count). The van der Waals surface area contributed by atoms with Crippen molar-refractivity contribution in [2.24, 2.45) is 21.7 Å². The van der Waals surface area contributed by atoms with Gasteiger partial charge in [0.2, 0.25) is 0 Å². The molecular weight excluding hydrogens is 458 g/mol. The quantitative estimate of drug-likeness (QED) is 0.406. The van der Waals surface area contributed by atoms with Gasteiger partial charge in [-0.3, -0.25) is 0 Å². The van der Waals surface area contributed by atoms with Crippen LogP contribution >= 0.6 is 0 Å². The van der Waals surface area contributed by atoms with Gasteiger partial charge in [0.05, 0.1) is 17.8 Å². The van der Waals surface area contributed by atoms with Crippen LogP contribution in [-0.4, -0.2) is 13.9 Å². The number of aromatic nitrogens is 3. The molecule has 5 heteroatoms. The molecule has 1 aromatic carbocycles. The molecule has 2 heterocycles. The van der Waals surface area contributed by atoms with Gasteiger partial charge >= 0.3 is 11.4 Å². The van der Waals surface area contributed by atoms with Crippen LogP contribution in [0.4, 0.5) is 0 Å². The minimum atomic E-state index is -0.365. The van der Waals surface area contributed by atoms with Crippen LogP contribution < -0.4 is 11.4 Å². The van der Waals surface area contributed by atoms with Gasteiger partial charge < -0.3 is 0 Å². The summed E-state index contributed by atoms with van der Waals surface area (Å²) in [5, 5.41) is 0. The summed E-state index contributed by atoms with van der Waals surface area (Å²) in [6, 6.07) is 8.48. The number of benzene rings is 1. The summed E-state index contributed by atoms with van der Waals surface area (Å²) in [4.78, 5) is 27.9. The van der Waals surface area contributed by atoms with Crippen LogP contribution in [0.5, 0.6) is 0 Å². The first-order chi connectivity index (χ1) is 16.7. The number of allylic oxidation sites excluding steroid dienone is 6. The lowest BCUT2D eigenvalue weighted by molar-refractivity contribution is 0.340. The summed E-state index contributed by atoms with van der Waals surface area (Å²) in [6.07, 6.45) is 8.52. The number of hydrogen-bond acceptors (Lipinski definition) is 2. The number of nitrogens with zero attached hydrogens (tertiary/aromatic N) is 3. The van der Waals surface area contributed by atoms with Crippen molar-refractivity contribution in [3.05, 3.63) is 86.8 Å². The minimum Gasteiger partial charge on any atom is -0.245 e. The van der Waals surface area contributed by atoms with E-state index in [-0.39, 0.29) is 45.1 Å². The van der Waals surface area contributed by atoms with Gasteiger partial charge in [-0.2, -0.15) is 0 Å². The Hall–Kier alpha value is -2.82. The van der Waals surface area contributed by atoms with Crippen molar-refractivity contribution in [1.82, 2.24) is 13.9 Å². The van der Waals surface area contributed by atoms with Gasteiger partial charge in [-0.25, -0.2) is 23.5 Å². The first-order valence-electron chi connectivity index (χ1n) is 13.4. The van der Waals surface area contributed by atoms with Crippen molar-refractivity contribution in [1.29, 1.82) is 0 Å². The summed E-state index contributed by atoms with van der Waals surface area (Å²) in [7, 11) is 0. The van der Waals surface area contributed by atoms with E-state index in [1.807, 2.05) is 30.3 Å². The predicted molar refractivity (Wildman–Crippen MR) is 155 cm³/mol. The molecule has 0 spiro atoms. The average Bonchev–Trinajstić information content (AvgIpc) is 2.99. The van der Waals surface area contributed by atoms with Gasteiger partial charge in [0.1, 0.15) is 0 Å². The van der Waals surface area contributed by atoms with Gasteiger partial charge in [0.15, 0.2) is 0 Å². The smallest absolute Gasteiger partial charge is 0.245 e. The summed E-state index contributed by atoms with van der Waals surface area (Å²) < 4.78 is 4.60. The molecule has 0 aliphatic carbocycles. The zero-order chi connectivity index (χ0) is 28.1. The standard InChI is InChI=1S/C32H47N3O2/c1-29(2,3)25(30(4,5)6)20-23-18-19-24(21-26(31(7,8)9)32(10,11)12)35-28(37)33(27(36)34(23)35)22-16-14-13-15-17-22/h13-21,23-24H,1-12H3/t23-,24+. The highest BCUT2D eigenvalue weighted by atomic mass is 16.2. The fourth-order valence-corrected chi connectivity index (χ4v) is 6.05. The first kappa shape index (κ1) is 28.7. The molecule has 0 amide bonds. The molecule has 0 radical (unpaired) electrons. The zero-order valence-electron chi connectivity index (χ0n) is 25.0. The summed E-state index contributed by atoms with van der Waals surface area (Å²) in [5.74, 6) is 0. The molecule has 0 saturated carbocycles. The largest absolute Gasteiger partial charge is 0.352 e. The van der Waals surface area contributed by atoms with Crippen molar-refractivity contribution >= 4 is 0 Å². The van der Waals surface area contributed by atoms with E-state index in [2.05, 4.69) is 107 Å². The third-order valence-corrected chi connectivity index (χ3v) is 7.00. The summed E-state index contributed by atoms with van der Waals surface area (Å²) in [5.41, 5.74) is 2.05. The van der Waals surface area contributed by atoms with Crippen LogP contribution in [0, 0.1) is 21.7 Å². The highest BCUT2D eigenvalue weighted by Gasteiger charge is 2.34. The monoisotopic (exact) mass is 505 g/mol. The Bertz CT molecular complexity index is 1220. The van der Waals surface area contributed by atoms with Crippen molar-refractivity contribution in [2.75, 3.05) is 0 Å². The number of para-hydroxylation sites is 1. The Morgan fingerprint density at radius 2 is 0.919 bits per heavy atom. The fraction of sp³-hybridized carbons (Fsp3) is 0.562. The van der Waals surface area contributed by atoms with E-state index in [4.69, 9.17) is 0 Å². The van der Waals surface area contributed by atoms with E-state index in [0.29, 0.717) is 5.69 Å². The Kier molecular flexibility index (Phi) is 7.37. The molecule has 202 valence electrons. The molecule has 0 saturated heterocycles. The second-order valence-electron chi connectivity index (χ2n) is 14.5. The maximum Gasteiger partial charge on any atom is 0.352 e. The highest BCUT2D eigenvalue weighted by molar-refractivity contribution is 5.33. The SMILES string of the molecule is CC(C)(C)C(=C[C@H]1C=C[C@@H](C=C(C(C)(C)C)C(C)(C)C)n2c(=O)n(-c3ccccc3)c(=O)n21)C(C)(C)C. The molecule has 5 nitrogen and oxygen atoms in total. The van der Waals surface area contributed by atoms with Gasteiger partial charge in [-0.05, 0) is 33.8 Å². The van der Waals surface area contributed by atoms with Crippen LogP contribution in [0.25, 0.3) is 5.69 Å². The van der Waals surface area contributed by atoms with E-state index in [1.54, 1.807) is 9.36 Å². The fourth-order valence-electron chi connectivity index (χ4n) is 6.05. The molecule has 37 heavy (non-hydrogen) atoms. The molecule has 0 bridgehead atoms. The molecule has 1 aromatic heterocycles. The summed E-state index contributed by atoms with van der Waals surface area (Å²) >= 11 is 0. The highest BCUT2D eigenvalue weighted by Crippen LogP contribution is 2.43. The molecule has 2 aromatic rings. The second kappa shape index (κ2) is 9.49. The molecule has 1 aliphatic rings. The van der Waals surface area contributed by atoms with Crippen molar-refractivity contribution < 1.29 is 0 Å².